The maximum atomic E-state index is 12.4. The van der Waals surface area contributed by atoms with Gasteiger partial charge in [0.1, 0.15) is 10.3 Å². The van der Waals surface area contributed by atoms with E-state index in [1.165, 1.54) is 6.07 Å². The summed E-state index contributed by atoms with van der Waals surface area (Å²) in [5.41, 5.74) is 0. The third-order valence-corrected chi connectivity index (χ3v) is 6.64. The quantitative estimate of drug-likeness (QED) is 0.845. The van der Waals surface area contributed by atoms with E-state index in [4.69, 9.17) is 5.11 Å². The third kappa shape index (κ3) is 2.66. The number of aliphatic hydroxyl groups is 1. The Balaban J connectivity index is 2.35. The van der Waals surface area contributed by atoms with Gasteiger partial charge in [-0.15, -0.1) is 11.3 Å². The number of aryl methyl sites for hydroxylation is 1. The van der Waals surface area contributed by atoms with E-state index in [2.05, 4.69) is 0 Å². The first-order valence-corrected chi connectivity index (χ1v) is 8.13. The molecule has 0 amide bonds. The molecular weight excluding hydrogens is 290 g/mol. The summed E-state index contributed by atoms with van der Waals surface area (Å²) in [6.07, 6.45) is -0.271. The second kappa shape index (κ2) is 5.20. The molecule has 0 saturated carbocycles. The second-order valence-electron chi connectivity index (χ2n) is 4.39. The molecule has 19 heavy (non-hydrogen) atoms. The van der Waals surface area contributed by atoms with E-state index in [0.29, 0.717) is 0 Å². The van der Waals surface area contributed by atoms with Crippen LogP contribution in [0, 0.1) is 0 Å². The first-order valence-electron chi connectivity index (χ1n) is 5.87. The van der Waals surface area contributed by atoms with Crippen molar-refractivity contribution in [3.8, 4) is 0 Å². The van der Waals surface area contributed by atoms with Gasteiger partial charge in [0.2, 0.25) is 0 Å². The van der Waals surface area contributed by atoms with E-state index in [-0.39, 0.29) is 17.2 Å². The predicted octanol–water partition coefficient (Wildman–Crippen LogP) is 0.519. The first kappa shape index (κ1) is 14.4. The van der Waals surface area contributed by atoms with Gasteiger partial charge in [0.05, 0.1) is 6.10 Å². The van der Waals surface area contributed by atoms with Gasteiger partial charge in [0, 0.05) is 17.8 Å². The van der Waals surface area contributed by atoms with Crippen molar-refractivity contribution >= 4 is 27.3 Å². The van der Waals surface area contributed by atoms with Crippen molar-refractivity contribution in [2.75, 3.05) is 6.54 Å². The summed E-state index contributed by atoms with van der Waals surface area (Å²) in [6, 6.07) is 2.02. The number of sulfonamides is 1. The highest BCUT2D eigenvalue weighted by atomic mass is 32.2. The maximum Gasteiger partial charge on any atom is 0.322 e. The molecule has 2 atom stereocenters. The minimum absolute atomic E-state index is 0.0689. The van der Waals surface area contributed by atoms with E-state index >= 15 is 0 Å². The van der Waals surface area contributed by atoms with Crippen LogP contribution in [0.25, 0.3) is 0 Å². The van der Waals surface area contributed by atoms with Crippen LogP contribution in [0.1, 0.15) is 18.2 Å². The molecule has 2 heterocycles. The molecule has 1 fully saturated rings. The molecule has 0 radical (unpaired) electrons. The Morgan fingerprint density at radius 3 is 2.74 bits per heavy atom. The number of aliphatic hydroxyl groups excluding tert-OH is 1. The monoisotopic (exact) mass is 305 g/mol. The fourth-order valence-electron chi connectivity index (χ4n) is 2.08. The Bertz CT molecular complexity index is 580. The number of β-amino-alcohol motifs (C(OH)–C–C–N with tert-alkyl or cyclic N) is 1. The van der Waals surface area contributed by atoms with E-state index in [9.17, 15) is 18.3 Å². The lowest BCUT2D eigenvalue weighted by Crippen LogP contribution is -2.40. The molecule has 0 aliphatic carbocycles. The lowest BCUT2D eigenvalue weighted by atomic mass is 10.2. The average Bonchev–Trinajstić information content (AvgIpc) is 2.94. The molecule has 0 unspecified atom stereocenters. The molecule has 0 spiro atoms. The minimum Gasteiger partial charge on any atom is -0.480 e. The molecule has 2 rings (SSSR count). The maximum absolute atomic E-state index is 12.4. The van der Waals surface area contributed by atoms with Gasteiger partial charge in [0.15, 0.2) is 0 Å². The summed E-state index contributed by atoms with van der Waals surface area (Å²) in [5, 5.41) is 18.6. The van der Waals surface area contributed by atoms with Gasteiger partial charge in [-0.3, -0.25) is 4.79 Å². The highest BCUT2D eigenvalue weighted by molar-refractivity contribution is 7.91. The van der Waals surface area contributed by atoms with Crippen LogP contribution in [-0.2, 0) is 21.2 Å². The summed E-state index contributed by atoms with van der Waals surface area (Å²) >= 11 is 1.14. The fraction of sp³-hybridized carbons (Fsp3) is 0.545. The third-order valence-electron chi connectivity index (χ3n) is 3.07. The van der Waals surface area contributed by atoms with Gasteiger partial charge in [0.25, 0.3) is 10.0 Å². The standard InChI is InChI=1S/C11H15NO5S2/c1-2-8-3-4-10(18-8)19(16,17)12-6-7(13)5-9(12)11(14)15/h3-4,7,9,13H,2,5-6H2,1H3,(H,14,15)/t7-,9-/m0/s1. The van der Waals surface area contributed by atoms with Crippen LogP contribution >= 0.6 is 11.3 Å². The normalized spacial score (nSPS) is 24.7. The zero-order chi connectivity index (χ0) is 14.2. The number of thiophene rings is 1. The Kier molecular flexibility index (Phi) is 3.95. The van der Waals surface area contributed by atoms with Crippen molar-refractivity contribution in [2.24, 2.45) is 0 Å². The van der Waals surface area contributed by atoms with E-state index in [0.717, 1.165) is 26.9 Å². The number of rotatable bonds is 4. The highest BCUT2D eigenvalue weighted by Gasteiger charge is 2.43. The van der Waals surface area contributed by atoms with Crippen molar-refractivity contribution in [2.45, 2.75) is 36.1 Å². The lowest BCUT2D eigenvalue weighted by molar-refractivity contribution is -0.140. The Morgan fingerprint density at radius 2 is 2.21 bits per heavy atom. The zero-order valence-corrected chi connectivity index (χ0v) is 11.9. The lowest BCUT2D eigenvalue weighted by Gasteiger charge is -2.19. The van der Waals surface area contributed by atoms with Gasteiger partial charge in [-0.25, -0.2) is 8.42 Å². The number of carboxylic acids is 1. The molecule has 0 bridgehead atoms. The summed E-state index contributed by atoms with van der Waals surface area (Å²) in [7, 11) is -3.84. The molecule has 8 heteroatoms. The number of carboxylic acid groups (broad SMARTS) is 1. The van der Waals surface area contributed by atoms with Gasteiger partial charge in [-0.05, 0) is 18.6 Å². The van der Waals surface area contributed by atoms with Crippen LogP contribution < -0.4 is 0 Å². The van der Waals surface area contributed by atoms with Crippen molar-refractivity contribution in [3.05, 3.63) is 17.0 Å². The number of nitrogens with zero attached hydrogens (tertiary/aromatic N) is 1. The largest absolute Gasteiger partial charge is 0.480 e. The van der Waals surface area contributed by atoms with Gasteiger partial charge < -0.3 is 10.2 Å². The van der Waals surface area contributed by atoms with Crippen LogP contribution in [0.5, 0.6) is 0 Å². The molecule has 1 aromatic rings. The number of hydrogen-bond acceptors (Lipinski definition) is 5. The number of carbonyl (C=O) groups is 1. The van der Waals surface area contributed by atoms with E-state index in [1.54, 1.807) is 6.07 Å². The summed E-state index contributed by atoms with van der Waals surface area (Å²) in [5.74, 6) is -1.23. The molecule has 6 nitrogen and oxygen atoms in total. The van der Waals surface area contributed by atoms with Crippen molar-refractivity contribution in [3.63, 3.8) is 0 Å². The van der Waals surface area contributed by atoms with Gasteiger partial charge in [-0.1, -0.05) is 6.92 Å². The van der Waals surface area contributed by atoms with Crippen LogP contribution in [-0.4, -0.2) is 47.6 Å². The number of aliphatic carboxylic acids is 1. The van der Waals surface area contributed by atoms with Crippen molar-refractivity contribution < 1.29 is 23.4 Å². The molecule has 2 N–H and O–H groups in total. The SMILES string of the molecule is CCc1ccc(S(=O)(=O)N2C[C@@H](O)C[C@H]2C(=O)O)s1. The average molecular weight is 305 g/mol. The van der Waals surface area contributed by atoms with Crippen LogP contribution in [0.4, 0.5) is 0 Å². The zero-order valence-electron chi connectivity index (χ0n) is 10.3. The number of hydrogen-bond donors (Lipinski definition) is 2. The summed E-state index contributed by atoms with van der Waals surface area (Å²) in [6.45, 7) is 1.75. The summed E-state index contributed by atoms with van der Waals surface area (Å²) < 4.78 is 25.8. The summed E-state index contributed by atoms with van der Waals surface area (Å²) in [4.78, 5) is 12.0. The predicted molar refractivity (Wildman–Crippen MR) is 69.6 cm³/mol. The molecule has 106 valence electrons. The molecule has 1 aromatic heterocycles. The van der Waals surface area contributed by atoms with E-state index in [1.807, 2.05) is 6.92 Å². The topological polar surface area (TPSA) is 94.9 Å². The molecule has 1 aliphatic rings. The van der Waals surface area contributed by atoms with Crippen LogP contribution in [0.3, 0.4) is 0 Å². The first-order chi connectivity index (χ1) is 8.86. The highest BCUT2D eigenvalue weighted by Crippen LogP contribution is 2.30. The van der Waals surface area contributed by atoms with Crippen molar-refractivity contribution in [1.29, 1.82) is 0 Å². The van der Waals surface area contributed by atoms with Gasteiger partial charge in [-0.2, -0.15) is 4.31 Å². The Hall–Kier alpha value is -0.960. The second-order valence-corrected chi connectivity index (χ2v) is 7.68. The Morgan fingerprint density at radius 1 is 1.53 bits per heavy atom. The van der Waals surface area contributed by atoms with Crippen LogP contribution in [0.15, 0.2) is 16.3 Å². The molecule has 1 aliphatic heterocycles. The molecule has 0 aromatic carbocycles. The molecular formula is C11H15NO5S2. The smallest absolute Gasteiger partial charge is 0.322 e. The Labute approximate surface area is 115 Å². The van der Waals surface area contributed by atoms with Gasteiger partial charge >= 0.3 is 5.97 Å². The molecule has 1 saturated heterocycles. The van der Waals surface area contributed by atoms with Crippen LogP contribution in [0.2, 0.25) is 0 Å². The minimum atomic E-state index is -3.84. The fourth-order valence-corrected chi connectivity index (χ4v) is 5.13. The van der Waals surface area contributed by atoms with Crippen molar-refractivity contribution in [1.82, 2.24) is 4.31 Å². The van der Waals surface area contributed by atoms with E-state index < -0.39 is 28.1 Å².